The van der Waals surface area contributed by atoms with E-state index in [9.17, 15) is 4.79 Å². The Bertz CT molecular complexity index is 858. The van der Waals surface area contributed by atoms with Crippen LogP contribution in [-0.4, -0.2) is 34.2 Å². The molecule has 0 heterocycles. The summed E-state index contributed by atoms with van der Waals surface area (Å²) < 4.78 is 21.7. The fourth-order valence-corrected chi connectivity index (χ4v) is 3.95. The van der Waals surface area contributed by atoms with Crippen LogP contribution in [0.5, 0.6) is 23.0 Å². The molecule has 0 saturated carbocycles. The van der Waals surface area contributed by atoms with Gasteiger partial charge in [-0.05, 0) is 41.3 Å². The quantitative estimate of drug-likeness (QED) is 0.784. The smallest absolute Gasteiger partial charge is 0.166 e. The average molecular weight is 370 g/mol. The first-order valence-corrected chi connectivity index (χ1v) is 8.98. The molecule has 2 unspecified atom stereocenters. The fourth-order valence-electron chi connectivity index (χ4n) is 3.95. The summed E-state index contributed by atoms with van der Waals surface area (Å²) in [5.74, 6) is 2.74. The number of benzene rings is 2. The number of ether oxygens (including phenoxy) is 4. The lowest BCUT2D eigenvalue weighted by Gasteiger charge is -2.36. The van der Waals surface area contributed by atoms with Crippen LogP contribution in [0.2, 0.25) is 0 Å². The third kappa shape index (κ3) is 3.11. The van der Waals surface area contributed by atoms with Crippen molar-refractivity contribution in [2.45, 2.75) is 19.8 Å². The summed E-state index contributed by atoms with van der Waals surface area (Å²) in [6.45, 7) is 4.10. The normalized spacial score (nSPS) is 21.4. The van der Waals surface area contributed by atoms with E-state index < -0.39 is 0 Å². The van der Waals surface area contributed by atoms with Crippen LogP contribution in [0.3, 0.4) is 0 Å². The van der Waals surface area contributed by atoms with Crippen molar-refractivity contribution in [1.29, 1.82) is 0 Å². The van der Waals surface area contributed by atoms with Gasteiger partial charge >= 0.3 is 0 Å². The highest BCUT2D eigenvalue weighted by Crippen LogP contribution is 2.47. The number of Topliss-reactive ketones (excluding diaryl/α,β-unsaturated/α-hetero) is 1. The van der Waals surface area contributed by atoms with Crippen LogP contribution in [0.1, 0.15) is 41.3 Å². The zero-order valence-electron chi connectivity index (χ0n) is 16.7. The van der Waals surface area contributed by atoms with Crippen LogP contribution in [0.15, 0.2) is 30.3 Å². The molecule has 0 spiro atoms. The van der Waals surface area contributed by atoms with Gasteiger partial charge in [0, 0.05) is 17.4 Å². The highest BCUT2D eigenvalue weighted by molar-refractivity contribution is 6.01. The number of methoxy groups -OCH3 is 4. The third-order valence-corrected chi connectivity index (χ3v) is 5.65. The van der Waals surface area contributed by atoms with E-state index in [1.54, 1.807) is 34.5 Å². The standard InChI is InChI=1S/C22H26O5/c1-12-13(2)22(23)16-11-20(27-6)19(26-5)10-15(16)21(12)14-7-8-17(24-3)18(9-14)25-4/h7-13,21H,1-6H3/t12?,13?,21-/m1/s1. The molecule has 2 aromatic carbocycles. The van der Waals surface area contributed by atoms with E-state index in [-0.39, 0.29) is 23.5 Å². The summed E-state index contributed by atoms with van der Waals surface area (Å²) in [6.07, 6.45) is 0. The molecule has 0 N–H and O–H groups in total. The van der Waals surface area contributed by atoms with E-state index in [0.29, 0.717) is 28.6 Å². The molecule has 0 fully saturated rings. The van der Waals surface area contributed by atoms with Crippen molar-refractivity contribution in [3.8, 4) is 23.0 Å². The Morgan fingerprint density at radius 1 is 0.741 bits per heavy atom. The number of ketones is 1. The minimum absolute atomic E-state index is 0.0345. The minimum atomic E-state index is -0.103. The van der Waals surface area contributed by atoms with Gasteiger partial charge in [-0.25, -0.2) is 0 Å². The van der Waals surface area contributed by atoms with Gasteiger partial charge in [0.05, 0.1) is 28.4 Å². The molecule has 3 rings (SSSR count). The third-order valence-electron chi connectivity index (χ3n) is 5.65. The second-order valence-corrected chi connectivity index (χ2v) is 6.90. The molecule has 3 atom stereocenters. The van der Waals surface area contributed by atoms with Gasteiger partial charge in [-0.3, -0.25) is 4.79 Å². The molecule has 27 heavy (non-hydrogen) atoms. The molecule has 0 aliphatic heterocycles. The van der Waals surface area contributed by atoms with Crippen LogP contribution in [0, 0.1) is 11.8 Å². The van der Waals surface area contributed by atoms with Crippen LogP contribution in [0.25, 0.3) is 0 Å². The molecule has 5 heteroatoms. The second-order valence-electron chi connectivity index (χ2n) is 6.90. The zero-order chi connectivity index (χ0) is 19.7. The topological polar surface area (TPSA) is 54.0 Å². The average Bonchev–Trinajstić information content (AvgIpc) is 2.71. The van der Waals surface area contributed by atoms with Crippen LogP contribution >= 0.6 is 0 Å². The number of fused-ring (bicyclic) bond motifs is 1. The van der Waals surface area contributed by atoms with Gasteiger partial charge in [-0.1, -0.05) is 19.9 Å². The number of carbonyl (C=O) groups excluding carboxylic acids is 1. The van der Waals surface area contributed by atoms with E-state index in [1.807, 2.05) is 31.2 Å². The fraction of sp³-hybridized carbons (Fsp3) is 0.409. The molecule has 144 valence electrons. The molecular weight excluding hydrogens is 344 g/mol. The lowest BCUT2D eigenvalue weighted by atomic mass is 9.67. The van der Waals surface area contributed by atoms with Crippen molar-refractivity contribution in [1.82, 2.24) is 0 Å². The lowest BCUT2D eigenvalue weighted by molar-refractivity contribution is 0.0865. The molecule has 1 aliphatic carbocycles. The van der Waals surface area contributed by atoms with Crippen molar-refractivity contribution in [3.63, 3.8) is 0 Å². The monoisotopic (exact) mass is 370 g/mol. The molecule has 0 amide bonds. The van der Waals surface area contributed by atoms with Gasteiger partial charge in [-0.2, -0.15) is 0 Å². The first-order chi connectivity index (χ1) is 13.0. The molecule has 5 nitrogen and oxygen atoms in total. The van der Waals surface area contributed by atoms with Crippen LogP contribution < -0.4 is 18.9 Å². The first-order valence-electron chi connectivity index (χ1n) is 8.98. The molecule has 0 aromatic heterocycles. The summed E-state index contributed by atoms with van der Waals surface area (Å²) in [5.41, 5.74) is 2.72. The molecule has 0 saturated heterocycles. The zero-order valence-corrected chi connectivity index (χ0v) is 16.7. The Balaban J connectivity index is 2.22. The first kappa shape index (κ1) is 19.1. The van der Waals surface area contributed by atoms with E-state index >= 15 is 0 Å². The highest BCUT2D eigenvalue weighted by Gasteiger charge is 2.39. The molecule has 0 radical (unpaired) electrons. The molecule has 1 aliphatic rings. The van der Waals surface area contributed by atoms with Gasteiger partial charge in [0.2, 0.25) is 0 Å². The van der Waals surface area contributed by atoms with Crippen LogP contribution in [0.4, 0.5) is 0 Å². The van der Waals surface area contributed by atoms with E-state index in [0.717, 1.165) is 11.1 Å². The largest absolute Gasteiger partial charge is 0.493 e. The van der Waals surface area contributed by atoms with E-state index in [2.05, 4.69) is 6.92 Å². The van der Waals surface area contributed by atoms with E-state index in [4.69, 9.17) is 18.9 Å². The molecule has 0 bridgehead atoms. The molecular formula is C22H26O5. The number of rotatable bonds is 5. The molecule has 2 aromatic rings. The Kier molecular flexibility index (Phi) is 5.31. The van der Waals surface area contributed by atoms with Gasteiger partial charge in [0.1, 0.15) is 0 Å². The summed E-state index contributed by atoms with van der Waals surface area (Å²) in [6, 6.07) is 9.65. The number of carbonyl (C=O) groups is 1. The van der Waals surface area contributed by atoms with Crippen LogP contribution in [-0.2, 0) is 0 Å². The minimum Gasteiger partial charge on any atom is -0.493 e. The number of hydrogen-bond donors (Lipinski definition) is 0. The summed E-state index contributed by atoms with van der Waals surface area (Å²) in [4.78, 5) is 13.0. The lowest BCUT2D eigenvalue weighted by Crippen LogP contribution is -2.32. The summed E-state index contributed by atoms with van der Waals surface area (Å²) >= 11 is 0. The Morgan fingerprint density at radius 3 is 1.89 bits per heavy atom. The van der Waals surface area contributed by atoms with Crippen molar-refractivity contribution in [3.05, 3.63) is 47.0 Å². The van der Waals surface area contributed by atoms with Crippen molar-refractivity contribution >= 4 is 5.78 Å². The van der Waals surface area contributed by atoms with Gasteiger partial charge in [0.15, 0.2) is 28.8 Å². The van der Waals surface area contributed by atoms with Gasteiger partial charge < -0.3 is 18.9 Å². The maximum absolute atomic E-state index is 13.0. The Hall–Kier alpha value is -2.69. The predicted molar refractivity (Wildman–Crippen MR) is 104 cm³/mol. The summed E-state index contributed by atoms with van der Waals surface area (Å²) in [7, 11) is 6.43. The Morgan fingerprint density at radius 2 is 1.30 bits per heavy atom. The summed E-state index contributed by atoms with van der Waals surface area (Å²) in [5, 5.41) is 0. The Labute approximate surface area is 160 Å². The van der Waals surface area contributed by atoms with Crippen molar-refractivity contribution in [2.75, 3.05) is 28.4 Å². The highest BCUT2D eigenvalue weighted by atomic mass is 16.5. The number of hydrogen-bond acceptors (Lipinski definition) is 5. The maximum atomic E-state index is 13.0. The SMILES string of the molecule is COc1ccc([C@@H]2c3cc(OC)c(OC)cc3C(=O)C(C)C2C)cc1OC. The van der Waals surface area contributed by atoms with Gasteiger partial charge in [0.25, 0.3) is 0 Å². The van der Waals surface area contributed by atoms with Gasteiger partial charge in [-0.15, -0.1) is 0 Å². The maximum Gasteiger partial charge on any atom is 0.166 e. The predicted octanol–water partition coefficient (Wildman–Crippen LogP) is 4.32. The van der Waals surface area contributed by atoms with E-state index in [1.165, 1.54) is 0 Å². The van der Waals surface area contributed by atoms with Crippen molar-refractivity contribution in [2.24, 2.45) is 11.8 Å². The van der Waals surface area contributed by atoms with Crippen molar-refractivity contribution < 1.29 is 23.7 Å². The second kappa shape index (κ2) is 7.51.